The third-order valence-corrected chi connectivity index (χ3v) is 8.48. The molecule has 2 amide bonds. The summed E-state index contributed by atoms with van der Waals surface area (Å²) >= 11 is 5.99. The Bertz CT molecular complexity index is 1400. The molecule has 7 nitrogen and oxygen atoms in total. The van der Waals surface area contributed by atoms with E-state index in [0.29, 0.717) is 6.54 Å². The lowest BCUT2D eigenvalue weighted by Crippen LogP contribution is -2.51. The minimum absolute atomic E-state index is 0.0227. The average Bonchev–Trinajstić information content (AvgIpc) is 2.92. The topological polar surface area (TPSA) is 86.8 Å². The van der Waals surface area contributed by atoms with Crippen LogP contribution in [-0.2, 0) is 26.2 Å². The fraction of sp³-hybridized carbons (Fsp3) is 0.310. The monoisotopic (exact) mass is 573 g/mol. The van der Waals surface area contributed by atoms with Gasteiger partial charge in [-0.05, 0) is 61.7 Å². The molecule has 1 N–H and O–H groups in total. The van der Waals surface area contributed by atoms with Gasteiger partial charge in [0.2, 0.25) is 11.8 Å². The maximum atomic E-state index is 14.0. The first kappa shape index (κ1) is 30.1. The van der Waals surface area contributed by atoms with Gasteiger partial charge in [-0.2, -0.15) is 0 Å². The van der Waals surface area contributed by atoms with Gasteiger partial charge in [-0.1, -0.05) is 67.4 Å². The summed E-state index contributed by atoms with van der Waals surface area (Å²) in [7, 11) is -4.25. The van der Waals surface area contributed by atoms with Crippen molar-refractivity contribution in [1.82, 2.24) is 10.2 Å². The number of aryl methyl sites for hydroxylation is 1. The van der Waals surface area contributed by atoms with E-state index in [4.69, 9.17) is 11.6 Å². The quantitative estimate of drug-likeness (QED) is 0.297. The van der Waals surface area contributed by atoms with Crippen LogP contribution in [0, 0.1) is 12.7 Å². The van der Waals surface area contributed by atoms with Gasteiger partial charge in [0.15, 0.2) is 0 Å². The molecule has 0 aliphatic rings. The van der Waals surface area contributed by atoms with Gasteiger partial charge in [-0.3, -0.25) is 13.9 Å². The second kappa shape index (κ2) is 13.6. The van der Waals surface area contributed by atoms with Crippen molar-refractivity contribution in [2.24, 2.45) is 0 Å². The predicted octanol–water partition coefficient (Wildman–Crippen LogP) is 5.32. The lowest BCUT2D eigenvalue weighted by Gasteiger charge is -2.32. The van der Waals surface area contributed by atoms with Crippen LogP contribution in [0.4, 0.5) is 10.1 Å². The molecule has 1 atom stereocenters. The number of carbonyl (C=O) groups excluding carboxylic acids is 2. The number of unbranched alkanes of at least 4 members (excludes halogenated alkanes) is 1. The van der Waals surface area contributed by atoms with Gasteiger partial charge in [-0.15, -0.1) is 0 Å². The summed E-state index contributed by atoms with van der Waals surface area (Å²) < 4.78 is 42.3. The zero-order valence-electron chi connectivity index (χ0n) is 22.2. The second-order valence-corrected chi connectivity index (χ2v) is 11.5. The van der Waals surface area contributed by atoms with Crippen molar-refractivity contribution >= 4 is 39.1 Å². The van der Waals surface area contributed by atoms with Crippen LogP contribution in [0.25, 0.3) is 0 Å². The van der Waals surface area contributed by atoms with Gasteiger partial charge in [0.1, 0.15) is 18.4 Å². The fourth-order valence-corrected chi connectivity index (χ4v) is 5.58. The number of hydrogen-bond acceptors (Lipinski definition) is 4. The molecule has 0 aliphatic heterocycles. The standard InChI is InChI=1S/C29H33ClFN3O4S/c1-4-5-17-32-29(36)22(3)33(19-23-12-10-9-11-21(23)2)28(35)20-34(24-15-16-27(31)26(30)18-24)39(37,38)25-13-7-6-8-14-25/h6-16,18,22H,4-5,17,19-20H2,1-3H3,(H,32,36)/t22-/m1/s1. The number of rotatable bonds is 12. The highest BCUT2D eigenvalue weighted by atomic mass is 35.5. The van der Waals surface area contributed by atoms with Crippen molar-refractivity contribution in [3.05, 3.63) is 94.8 Å². The zero-order chi connectivity index (χ0) is 28.6. The second-order valence-electron chi connectivity index (χ2n) is 9.19. The molecule has 39 heavy (non-hydrogen) atoms. The summed E-state index contributed by atoms with van der Waals surface area (Å²) in [4.78, 5) is 28.2. The first-order valence-corrected chi connectivity index (χ1v) is 14.5. The van der Waals surface area contributed by atoms with Crippen molar-refractivity contribution in [1.29, 1.82) is 0 Å². The van der Waals surface area contributed by atoms with E-state index in [-0.39, 0.29) is 28.1 Å². The van der Waals surface area contributed by atoms with Crippen molar-refractivity contribution in [3.8, 4) is 0 Å². The normalized spacial score (nSPS) is 12.0. The van der Waals surface area contributed by atoms with E-state index in [9.17, 15) is 22.4 Å². The molecule has 0 fully saturated rings. The summed E-state index contributed by atoms with van der Waals surface area (Å²) in [6.07, 6.45) is 1.69. The van der Waals surface area contributed by atoms with Crippen LogP contribution in [0.15, 0.2) is 77.7 Å². The summed E-state index contributed by atoms with van der Waals surface area (Å²) in [5, 5.41) is 2.57. The summed E-state index contributed by atoms with van der Waals surface area (Å²) in [6, 6.07) is 17.7. The number of nitrogens with zero attached hydrogens (tertiary/aromatic N) is 2. The first-order valence-electron chi connectivity index (χ1n) is 12.7. The van der Waals surface area contributed by atoms with Crippen molar-refractivity contribution in [2.45, 2.75) is 51.1 Å². The van der Waals surface area contributed by atoms with E-state index in [1.807, 2.05) is 38.1 Å². The van der Waals surface area contributed by atoms with Crippen molar-refractivity contribution in [2.75, 3.05) is 17.4 Å². The van der Waals surface area contributed by atoms with Crippen LogP contribution in [-0.4, -0.2) is 44.3 Å². The molecule has 0 unspecified atom stereocenters. The van der Waals surface area contributed by atoms with Crippen molar-refractivity contribution < 1.29 is 22.4 Å². The molecule has 0 aliphatic carbocycles. The molecule has 0 radical (unpaired) electrons. The summed E-state index contributed by atoms with van der Waals surface area (Å²) in [5.41, 5.74) is 1.77. The minimum Gasteiger partial charge on any atom is -0.354 e. The Morgan fingerprint density at radius 2 is 1.69 bits per heavy atom. The fourth-order valence-electron chi connectivity index (χ4n) is 3.98. The Kier molecular flexibility index (Phi) is 10.5. The lowest BCUT2D eigenvalue weighted by molar-refractivity contribution is -0.139. The molecule has 0 bridgehead atoms. The smallest absolute Gasteiger partial charge is 0.264 e. The third-order valence-electron chi connectivity index (χ3n) is 6.40. The number of halogens is 2. The SMILES string of the molecule is CCCCNC(=O)[C@@H](C)N(Cc1ccccc1C)C(=O)CN(c1ccc(F)c(Cl)c1)S(=O)(=O)c1ccccc1. The Hall–Kier alpha value is -3.43. The van der Waals surface area contributed by atoms with E-state index in [2.05, 4.69) is 5.32 Å². The number of benzene rings is 3. The summed E-state index contributed by atoms with van der Waals surface area (Å²) in [6.45, 7) is 5.45. The maximum absolute atomic E-state index is 14.0. The molecular weight excluding hydrogens is 541 g/mol. The molecule has 10 heteroatoms. The van der Waals surface area contributed by atoms with E-state index in [1.165, 1.54) is 23.1 Å². The number of anilines is 1. The molecule has 3 aromatic rings. The van der Waals surface area contributed by atoms with Gasteiger partial charge >= 0.3 is 0 Å². The largest absolute Gasteiger partial charge is 0.354 e. The van der Waals surface area contributed by atoms with Crippen LogP contribution < -0.4 is 9.62 Å². The number of hydrogen-bond donors (Lipinski definition) is 1. The van der Waals surface area contributed by atoms with Crippen LogP contribution >= 0.6 is 11.6 Å². The number of sulfonamides is 1. The Labute approximate surface area is 234 Å². The number of carbonyl (C=O) groups is 2. The molecule has 0 spiro atoms. The Balaban J connectivity index is 2.02. The molecular formula is C29H33ClFN3O4S. The average molecular weight is 574 g/mol. The maximum Gasteiger partial charge on any atom is 0.264 e. The zero-order valence-corrected chi connectivity index (χ0v) is 23.8. The third kappa shape index (κ3) is 7.58. The molecule has 208 valence electrons. The highest BCUT2D eigenvalue weighted by molar-refractivity contribution is 7.92. The van der Waals surface area contributed by atoms with Crippen LogP contribution in [0.1, 0.15) is 37.8 Å². The minimum atomic E-state index is -4.25. The number of nitrogens with one attached hydrogen (secondary N) is 1. The molecule has 3 rings (SSSR count). The Morgan fingerprint density at radius 3 is 2.33 bits per heavy atom. The first-order chi connectivity index (χ1) is 18.6. The van der Waals surface area contributed by atoms with Crippen LogP contribution in [0.2, 0.25) is 5.02 Å². The van der Waals surface area contributed by atoms with E-state index < -0.39 is 34.3 Å². The lowest BCUT2D eigenvalue weighted by atomic mass is 10.1. The van der Waals surface area contributed by atoms with Crippen molar-refractivity contribution in [3.63, 3.8) is 0 Å². The Morgan fingerprint density at radius 1 is 1.03 bits per heavy atom. The molecule has 0 heterocycles. The van der Waals surface area contributed by atoms with Gasteiger partial charge in [0.25, 0.3) is 10.0 Å². The van der Waals surface area contributed by atoms with E-state index >= 15 is 0 Å². The number of amides is 2. The molecule has 0 aromatic heterocycles. The predicted molar refractivity (Wildman–Crippen MR) is 151 cm³/mol. The highest BCUT2D eigenvalue weighted by Crippen LogP contribution is 2.28. The summed E-state index contributed by atoms with van der Waals surface area (Å²) in [5.74, 6) is -1.66. The molecule has 0 saturated carbocycles. The highest BCUT2D eigenvalue weighted by Gasteiger charge is 2.32. The van der Waals surface area contributed by atoms with E-state index in [1.54, 1.807) is 25.1 Å². The van der Waals surface area contributed by atoms with Gasteiger partial charge < -0.3 is 10.2 Å². The van der Waals surface area contributed by atoms with Gasteiger partial charge in [-0.25, -0.2) is 12.8 Å². The van der Waals surface area contributed by atoms with Gasteiger partial charge in [0.05, 0.1) is 15.6 Å². The van der Waals surface area contributed by atoms with E-state index in [0.717, 1.165) is 40.4 Å². The van der Waals surface area contributed by atoms with Gasteiger partial charge in [0, 0.05) is 13.1 Å². The van der Waals surface area contributed by atoms with Crippen LogP contribution in [0.3, 0.4) is 0 Å². The molecule has 3 aromatic carbocycles. The molecule has 0 saturated heterocycles. The van der Waals surface area contributed by atoms with Crippen LogP contribution in [0.5, 0.6) is 0 Å².